The third-order valence-corrected chi connectivity index (χ3v) is 4.52. The van der Waals surface area contributed by atoms with E-state index in [1.165, 1.54) is 48.8 Å². The lowest BCUT2D eigenvalue weighted by Crippen LogP contribution is -2.12. The van der Waals surface area contributed by atoms with Gasteiger partial charge < -0.3 is 0 Å². The summed E-state index contributed by atoms with van der Waals surface area (Å²) in [5, 5.41) is 17.8. The number of rotatable bonds is 3. The van der Waals surface area contributed by atoms with E-state index in [4.69, 9.17) is 10.4 Å². The van der Waals surface area contributed by atoms with Crippen LogP contribution in [0.2, 0.25) is 0 Å². The van der Waals surface area contributed by atoms with E-state index in [-0.39, 0.29) is 16.7 Å². The van der Waals surface area contributed by atoms with Crippen LogP contribution >= 0.6 is 11.9 Å². The molecule has 0 amide bonds. The normalized spacial score (nSPS) is 17.6. The van der Waals surface area contributed by atoms with Crippen LogP contribution in [0.3, 0.4) is 0 Å². The van der Waals surface area contributed by atoms with E-state index in [0.717, 1.165) is 24.1 Å². The van der Waals surface area contributed by atoms with Crippen molar-refractivity contribution in [3.8, 4) is 6.07 Å². The van der Waals surface area contributed by atoms with Gasteiger partial charge in [-0.15, -0.1) is 0 Å². The Morgan fingerprint density at radius 1 is 1.16 bits per heavy atom. The van der Waals surface area contributed by atoms with Crippen molar-refractivity contribution in [2.75, 3.05) is 0 Å². The molecule has 0 bridgehead atoms. The van der Waals surface area contributed by atoms with Crippen molar-refractivity contribution >= 4 is 23.9 Å². The van der Waals surface area contributed by atoms with E-state index in [0.29, 0.717) is 10.5 Å². The number of ketones is 1. The molecule has 1 aliphatic rings. The molecule has 0 unspecified atom stereocenters. The largest absolute Gasteiger partial charge is 0.416 e. The van der Waals surface area contributed by atoms with Crippen LogP contribution in [-0.4, -0.2) is 12.0 Å². The van der Waals surface area contributed by atoms with Gasteiger partial charge in [-0.25, -0.2) is 4.39 Å². The second-order valence-corrected chi connectivity index (χ2v) is 6.84. The predicted molar refractivity (Wildman–Crippen MR) is 115 cm³/mol. The molecule has 2 aromatic rings. The van der Waals surface area contributed by atoms with E-state index in [9.17, 15) is 22.4 Å². The molecule has 0 saturated heterocycles. The molecule has 2 aromatic carbocycles. The number of nitrogens with zero attached hydrogens (tertiary/aromatic N) is 2. The van der Waals surface area contributed by atoms with Gasteiger partial charge in [0.1, 0.15) is 11.9 Å². The van der Waals surface area contributed by atoms with Gasteiger partial charge in [0.05, 0.1) is 22.9 Å². The van der Waals surface area contributed by atoms with Gasteiger partial charge in [-0.05, 0) is 60.0 Å². The Bertz CT molecular complexity index is 1130. The van der Waals surface area contributed by atoms with Crippen LogP contribution in [0.15, 0.2) is 94.1 Å². The number of hydrogen-bond donors (Lipinski definition) is 2. The van der Waals surface area contributed by atoms with Crippen LogP contribution in [0.5, 0.6) is 0 Å². The Labute approximate surface area is 185 Å². The Morgan fingerprint density at radius 3 is 2.38 bits per heavy atom. The van der Waals surface area contributed by atoms with E-state index in [2.05, 4.69) is 17.1 Å². The number of nitrogens with two attached hydrogens (primary N) is 1. The summed E-state index contributed by atoms with van der Waals surface area (Å²) < 4.78 is 49.6. The maximum Gasteiger partial charge on any atom is 0.416 e. The first-order valence-electron chi connectivity index (χ1n) is 8.80. The summed E-state index contributed by atoms with van der Waals surface area (Å²) in [5.41, 5.74) is 2.51. The van der Waals surface area contributed by atoms with Crippen molar-refractivity contribution in [3.05, 3.63) is 101 Å². The molecule has 0 spiro atoms. The van der Waals surface area contributed by atoms with Crippen molar-refractivity contribution in [3.63, 3.8) is 0 Å². The number of Topliss-reactive ketones (excluding diaryl/α,β-unsaturated/α-hetero) is 1. The van der Waals surface area contributed by atoms with Crippen molar-refractivity contribution in [1.29, 1.82) is 5.26 Å². The molecular formula is C22H16F4N4OS. The summed E-state index contributed by atoms with van der Waals surface area (Å²) in [6.45, 7) is 3.73. The average Bonchev–Trinajstić information content (AvgIpc) is 2.76. The van der Waals surface area contributed by atoms with Gasteiger partial charge in [-0.1, -0.05) is 18.7 Å². The SMILES string of the molecule is C=C1/C=C(C#N)\C=N/N/C=C\1C(=O)c1ccccc1F.NSc1ccc(C(F)(F)F)cc1. The molecule has 5 nitrogen and oxygen atoms in total. The van der Waals surface area contributed by atoms with Crippen LogP contribution in [0.25, 0.3) is 0 Å². The molecule has 3 rings (SSSR count). The van der Waals surface area contributed by atoms with Crippen molar-refractivity contribution < 1.29 is 22.4 Å². The van der Waals surface area contributed by atoms with Crippen LogP contribution in [-0.2, 0) is 6.18 Å². The number of nitriles is 1. The van der Waals surface area contributed by atoms with Crippen molar-refractivity contribution in [1.82, 2.24) is 5.43 Å². The molecular weight excluding hydrogens is 444 g/mol. The first kappa shape index (κ1) is 24.6. The molecule has 10 heteroatoms. The molecule has 0 aromatic heterocycles. The van der Waals surface area contributed by atoms with Gasteiger partial charge in [0.25, 0.3) is 0 Å². The summed E-state index contributed by atoms with van der Waals surface area (Å²) in [6.07, 6.45) is -0.197. The standard InChI is InChI=1S/C15H10FN3O.C7H6F3NS/c1-10-6-11(7-17)8-18-19-9-13(10)15(20)12-4-2-3-5-14(12)16;8-7(9,10)5-1-3-6(12-11)4-2-5/h2-6,8-9,19H,1H2;1-4H,11H2/b11-6-,13-9+,18-8-;. The zero-order chi connectivity index (χ0) is 23.7. The summed E-state index contributed by atoms with van der Waals surface area (Å²) in [7, 11) is 0. The van der Waals surface area contributed by atoms with Crippen LogP contribution in [0, 0.1) is 17.1 Å². The van der Waals surface area contributed by atoms with Crippen LogP contribution < -0.4 is 10.6 Å². The molecule has 0 aliphatic carbocycles. The zero-order valence-corrected chi connectivity index (χ0v) is 17.2. The van der Waals surface area contributed by atoms with E-state index in [1.54, 1.807) is 6.07 Å². The molecule has 3 N–H and O–H groups in total. The van der Waals surface area contributed by atoms with Gasteiger partial charge in [0.2, 0.25) is 0 Å². The Balaban J connectivity index is 0.000000258. The molecule has 164 valence electrons. The second-order valence-electron chi connectivity index (χ2n) is 6.13. The van der Waals surface area contributed by atoms with Gasteiger partial charge in [0, 0.05) is 16.7 Å². The van der Waals surface area contributed by atoms with E-state index >= 15 is 0 Å². The molecule has 1 heterocycles. The number of nitrogens with one attached hydrogen (secondary N) is 1. The monoisotopic (exact) mass is 460 g/mol. The molecule has 0 radical (unpaired) electrons. The molecule has 0 atom stereocenters. The van der Waals surface area contributed by atoms with Gasteiger partial charge in [-0.3, -0.25) is 15.4 Å². The molecule has 32 heavy (non-hydrogen) atoms. The lowest BCUT2D eigenvalue weighted by molar-refractivity contribution is -0.137. The summed E-state index contributed by atoms with van der Waals surface area (Å²) in [6, 6.07) is 12.3. The highest BCUT2D eigenvalue weighted by molar-refractivity contribution is 7.97. The number of allylic oxidation sites excluding steroid dienone is 4. The van der Waals surface area contributed by atoms with Crippen molar-refractivity contribution in [2.24, 2.45) is 10.2 Å². The second kappa shape index (κ2) is 11.1. The third kappa shape index (κ3) is 6.66. The Morgan fingerprint density at radius 2 is 1.81 bits per heavy atom. The smallest absolute Gasteiger partial charge is 0.288 e. The van der Waals surface area contributed by atoms with Gasteiger partial charge >= 0.3 is 6.18 Å². The minimum absolute atomic E-state index is 0.0573. The van der Waals surface area contributed by atoms with Gasteiger partial charge in [0.15, 0.2) is 5.78 Å². The van der Waals surface area contributed by atoms with Gasteiger partial charge in [-0.2, -0.15) is 23.5 Å². The minimum atomic E-state index is -4.27. The highest BCUT2D eigenvalue weighted by Crippen LogP contribution is 2.29. The molecule has 0 saturated carbocycles. The number of carbonyl (C=O) groups is 1. The summed E-state index contributed by atoms with van der Waals surface area (Å²) in [4.78, 5) is 12.9. The average molecular weight is 460 g/mol. The topological polar surface area (TPSA) is 91.3 Å². The minimum Gasteiger partial charge on any atom is -0.288 e. The summed E-state index contributed by atoms with van der Waals surface area (Å²) >= 11 is 0.921. The lowest BCUT2D eigenvalue weighted by atomic mass is 9.96. The fraction of sp³-hybridized carbons (Fsp3) is 0.0455. The van der Waals surface area contributed by atoms with Crippen LogP contribution in [0.1, 0.15) is 15.9 Å². The maximum absolute atomic E-state index is 13.7. The molecule has 0 fully saturated rings. The molecule has 1 aliphatic heterocycles. The Kier molecular flexibility index (Phi) is 8.52. The number of hydrogen-bond acceptors (Lipinski definition) is 6. The van der Waals surface area contributed by atoms with Crippen molar-refractivity contribution in [2.45, 2.75) is 11.1 Å². The predicted octanol–water partition coefficient (Wildman–Crippen LogP) is 5.16. The third-order valence-electron chi connectivity index (χ3n) is 3.97. The maximum atomic E-state index is 13.7. The zero-order valence-electron chi connectivity index (χ0n) is 16.4. The quantitative estimate of drug-likeness (QED) is 0.375. The highest BCUT2D eigenvalue weighted by atomic mass is 32.2. The number of halogens is 4. The van der Waals surface area contributed by atoms with E-state index in [1.807, 2.05) is 6.07 Å². The van der Waals surface area contributed by atoms with Crippen LogP contribution in [0.4, 0.5) is 17.6 Å². The number of benzene rings is 2. The number of alkyl halides is 3. The highest BCUT2D eigenvalue weighted by Gasteiger charge is 2.29. The first-order valence-corrected chi connectivity index (χ1v) is 9.68. The number of carbonyl (C=O) groups excluding carboxylic acids is 1. The fourth-order valence-corrected chi connectivity index (χ4v) is 2.68. The summed E-state index contributed by atoms with van der Waals surface area (Å²) in [5.74, 6) is -1.13. The Hall–Kier alpha value is -3.68. The van der Waals surface area contributed by atoms with E-state index < -0.39 is 23.3 Å². The number of hydrazone groups is 1. The lowest BCUT2D eigenvalue weighted by Gasteiger charge is -2.09. The fourth-order valence-electron chi connectivity index (χ4n) is 2.39. The first-order chi connectivity index (χ1) is 15.2.